The second-order valence-corrected chi connectivity index (χ2v) is 9.16. The van der Waals surface area contributed by atoms with E-state index in [0.717, 1.165) is 19.5 Å². The zero-order chi connectivity index (χ0) is 19.4. The van der Waals surface area contributed by atoms with Gasteiger partial charge in [0, 0.05) is 18.8 Å². The van der Waals surface area contributed by atoms with Gasteiger partial charge in [-0.3, -0.25) is 4.99 Å². The molecule has 0 bridgehead atoms. The summed E-state index contributed by atoms with van der Waals surface area (Å²) in [7, 11) is 9.71. The Morgan fingerprint density at radius 1 is 0.923 bits per heavy atom. The van der Waals surface area contributed by atoms with E-state index < -0.39 is 0 Å². The molecule has 1 heterocycles. The number of hydrogen-bond acceptors (Lipinski definition) is 2. The third-order valence-corrected chi connectivity index (χ3v) is 4.02. The summed E-state index contributed by atoms with van der Waals surface area (Å²) in [5, 5.41) is 0. The van der Waals surface area contributed by atoms with Gasteiger partial charge in [-0.15, -0.1) is 0 Å². The molecule has 0 unspecified atom stereocenters. The van der Waals surface area contributed by atoms with Gasteiger partial charge in [-0.25, -0.2) is 0 Å². The summed E-state index contributed by atoms with van der Waals surface area (Å²) in [6.45, 7) is 10.7. The second kappa shape index (κ2) is 13.3. The van der Waals surface area contributed by atoms with E-state index in [9.17, 15) is 0 Å². The molecule has 1 aliphatic rings. The Hall–Kier alpha value is -0.887. The van der Waals surface area contributed by atoms with Crippen molar-refractivity contribution in [3.63, 3.8) is 0 Å². The molecule has 1 aliphatic heterocycles. The summed E-state index contributed by atoms with van der Waals surface area (Å²) in [4.78, 5) is 6.46. The molecule has 144 valence electrons. The Bertz CT molecular complexity index is 640. The van der Waals surface area contributed by atoms with Gasteiger partial charge in [0.2, 0.25) is 0 Å². The first-order chi connectivity index (χ1) is 12.5. The molecule has 26 heavy (non-hydrogen) atoms. The van der Waals surface area contributed by atoms with Gasteiger partial charge >= 0.3 is 34.5 Å². The van der Waals surface area contributed by atoms with Crippen molar-refractivity contribution < 1.29 is 15.1 Å². The van der Waals surface area contributed by atoms with Gasteiger partial charge in [0.15, 0.2) is 0 Å². The minimum atomic E-state index is -0.346. The third kappa shape index (κ3) is 9.17. The normalized spacial score (nSPS) is 13.0. The summed E-state index contributed by atoms with van der Waals surface area (Å²) >= 11 is -0.346. The average Bonchev–Trinajstić information content (AvgIpc) is 2.65. The van der Waals surface area contributed by atoms with E-state index in [-0.39, 0.29) is 15.1 Å². The molecule has 0 saturated carbocycles. The maximum absolute atomic E-state index is 4.85. The van der Waals surface area contributed by atoms with Crippen LogP contribution in [0.2, 0.25) is 0 Å². The average molecular weight is 480 g/mol. The Morgan fingerprint density at radius 2 is 1.42 bits per heavy atom. The minimum absolute atomic E-state index is 0.346. The van der Waals surface area contributed by atoms with E-state index in [4.69, 9.17) is 19.4 Å². The van der Waals surface area contributed by atoms with Crippen LogP contribution >= 0.6 is 19.4 Å². The molecule has 0 amide bonds. The molecular weight excluding hydrogens is 452 g/mol. The quantitative estimate of drug-likeness (QED) is 0.436. The molecule has 0 aromatic heterocycles. The Morgan fingerprint density at radius 3 is 1.85 bits per heavy atom. The number of benzene rings is 2. The van der Waals surface area contributed by atoms with E-state index >= 15 is 0 Å². The summed E-state index contributed by atoms with van der Waals surface area (Å²) < 4.78 is 0. The third-order valence-electron chi connectivity index (χ3n) is 4.02. The summed E-state index contributed by atoms with van der Waals surface area (Å²) in [6.07, 6.45) is 3.10. The van der Waals surface area contributed by atoms with Crippen molar-refractivity contribution in [1.29, 1.82) is 0 Å². The van der Waals surface area contributed by atoms with Crippen LogP contribution in [0.4, 0.5) is 5.69 Å². The first kappa shape index (κ1) is 23.2. The first-order valence-electron chi connectivity index (χ1n) is 8.73. The summed E-state index contributed by atoms with van der Waals surface area (Å²) in [5.41, 5.74) is 5.31. The predicted molar refractivity (Wildman–Crippen MR) is 113 cm³/mol. The van der Waals surface area contributed by atoms with Crippen LogP contribution in [0.15, 0.2) is 53.5 Å². The molecule has 0 N–H and O–H groups in total. The van der Waals surface area contributed by atoms with Crippen LogP contribution in [0, 0.1) is 13.8 Å². The number of anilines is 1. The molecule has 0 aliphatic carbocycles. The number of rotatable bonds is 2. The molecule has 0 radical (unpaired) electrons. The Labute approximate surface area is 174 Å². The van der Waals surface area contributed by atoms with Crippen molar-refractivity contribution in [1.82, 2.24) is 0 Å². The molecule has 0 saturated heterocycles. The van der Waals surface area contributed by atoms with Crippen LogP contribution in [0.3, 0.4) is 0 Å². The first-order valence-corrected chi connectivity index (χ1v) is 13.2. The van der Waals surface area contributed by atoms with Gasteiger partial charge in [-0.2, -0.15) is 0 Å². The molecular formula is C21H28Cl2N2Ru. The fraction of sp³-hybridized carbons (Fsp3) is 0.381. The van der Waals surface area contributed by atoms with Crippen molar-refractivity contribution in [2.24, 2.45) is 4.99 Å². The fourth-order valence-electron chi connectivity index (χ4n) is 2.43. The number of aliphatic imine (C=N–C) groups is 1. The van der Waals surface area contributed by atoms with Gasteiger partial charge in [-0.1, -0.05) is 61.4 Å². The van der Waals surface area contributed by atoms with E-state index in [1.54, 1.807) is 0 Å². The van der Waals surface area contributed by atoms with Crippen LogP contribution in [-0.4, -0.2) is 19.4 Å². The molecule has 2 nitrogen and oxygen atoms in total. The van der Waals surface area contributed by atoms with Crippen LogP contribution in [0.1, 0.15) is 42.9 Å². The topological polar surface area (TPSA) is 15.6 Å². The van der Waals surface area contributed by atoms with Gasteiger partial charge in [0.05, 0.1) is 6.34 Å². The molecule has 5 heteroatoms. The zero-order valence-corrected chi connectivity index (χ0v) is 19.1. The van der Waals surface area contributed by atoms with Crippen molar-refractivity contribution in [3.05, 3.63) is 65.2 Å². The standard InChI is InChI=1S/C11H14N2.C10H14.2ClH.Ru/c1-10-3-5-11(6-4-10)13-8-2-7-12-9-13;1-8(2)10-6-4-9(3)5-7-10;;;/h3-6,9H,2,7-8H2,1H3;4-8H,1-3H3;2*1H;/q;;;;+2/p-2. The molecule has 2 aromatic carbocycles. The van der Waals surface area contributed by atoms with E-state index in [0.29, 0.717) is 5.92 Å². The molecule has 0 atom stereocenters. The molecule has 0 spiro atoms. The van der Waals surface area contributed by atoms with Gasteiger partial charge < -0.3 is 4.90 Å². The van der Waals surface area contributed by atoms with Crippen LogP contribution in [0.25, 0.3) is 0 Å². The van der Waals surface area contributed by atoms with E-state index in [1.807, 2.05) is 6.34 Å². The molecule has 2 aromatic rings. The summed E-state index contributed by atoms with van der Waals surface area (Å²) in [6, 6.07) is 17.3. The Kier molecular flexibility index (Phi) is 11.9. The van der Waals surface area contributed by atoms with Crippen molar-refractivity contribution >= 4 is 31.4 Å². The number of hydrogen-bond donors (Lipinski definition) is 0. The number of halogens is 2. The van der Waals surface area contributed by atoms with E-state index in [2.05, 4.69) is 86.1 Å². The van der Waals surface area contributed by atoms with Crippen LogP contribution in [0.5, 0.6) is 0 Å². The predicted octanol–water partition coefficient (Wildman–Crippen LogP) is 6.73. The summed E-state index contributed by atoms with van der Waals surface area (Å²) in [5.74, 6) is 0.653. The van der Waals surface area contributed by atoms with Gasteiger partial charge in [0.25, 0.3) is 0 Å². The van der Waals surface area contributed by atoms with Crippen LogP contribution in [-0.2, 0) is 15.1 Å². The van der Waals surface area contributed by atoms with Crippen molar-refractivity contribution in [2.75, 3.05) is 18.0 Å². The van der Waals surface area contributed by atoms with Gasteiger partial charge in [-0.05, 0) is 43.9 Å². The number of nitrogens with zero attached hydrogens (tertiary/aromatic N) is 2. The van der Waals surface area contributed by atoms with Crippen molar-refractivity contribution in [2.45, 2.75) is 40.0 Å². The SMILES string of the molecule is Cc1ccc(C(C)C)cc1.Cc1ccc(N2C=NCCC2)cc1.[Cl][Ru][Cl]. The number of aryl methyl sites for hydroxylation is 2. The maximum atomic E-state index is 4.85. The molecule has 3 rings (SSSR count). The fourth-order valence-corrected chi connectivity index (χ4v) is 2.43. The second-order valence-electron chi connectivity index (χ2n) is 6.52. The van der Waals surface area contributed by atoms with E-state index in [1.165, 1.54) is 22.4 Å². The Balaban J connectivity index is 0.000000233. The molecule has 0 fully saturated rings. The monoisotopic (exact) mass is 480 g/mol. The van der Waals surface area contributed by atoms with Crippen molar-refractivity contribution in [3.8, 4) is 0 Å². The van der Waals surface area contributed by atoms with Gasteiger partial charge in [0.1, 0.15) is 0 Å². The zero-order valence-electron chi connectivity index (χ0n) is 15.9. The van der Waals surface area contributed by atoms with Crippen LogP contribution < -0.4 is 4.90 Å².